The van der Waals surface area contributed by atoms with Gasteiger partial charge in [0.2, 0.25) is 11.8 Å². The van der Waals surface area contributed by atoms with Gasteiger partial charge in [0.1, 0.15) is 5.75 Å². The van der Waals surface area contributed by atoms with Crippen LogP contribution in [0.2, 0.25) is 0 Å². The third-order valence-electron chi connectivity index (χ3n) is 4.82. The number of carbonyl (C=O) groups is 2. The summed E-state index contributed by atoms with van der Waals surface area (Å²) in [6, 6.07) is 7.84. The summed E-state index contributed by atoms with van der Waals surface area (Å²) in [5.74, 6) is 0.612. The Morgan fingerprint density at radius 1 is 1.25 bits per heavy atom. The Morgan fingerprint density at radius 2 is 1.96 bits per heavy atom. The first-order valence-corrected chi connectivity index (χ1v) is 9.01. The third-order valence-corrected chi connectivity index (χ3v) is 4.82. The number of rotatable bonds is 6. The normalized spacial score (nSPS) is 21.3. The van der Waals surface area contributed by atoms with E-state index in [1.54, 1.807) is 4.90 Å². The third kappa shape index (κ3) is 3.89. The molecule has 1 saturated heterocycles. The van der Waals surface area contributed by atoms with E-state index < -0.39 is 0 Å². The number of anilines is 1. The molecule has 0 spiro atoms. The van der Waals surface area contributed by atoms with E-state index in [1.807, 2.05) is 24.3 Å². The lowest BCUT2D eigenvalue weighted by Gasteiger charge is -2.18. The van der Waals surface area contributed by atoms with Crippen LogP contribution in [0.1, 0.15) is 45.4 Å². The van der Waals surface area contributed by atoms with Gasteiger partial charge in [0.25, 0.3) is 0 Å². The van der Waals surface area contributed by atoms with E-state index in [4.69, 9.17) is 4.74 Å². The maximum atomic E-state index is 12.4. The first-order valence-electron chi connectivity index (χ1n) is 9.01. The van der Waals surface area contributed by atoms with Crippen LogP contribution in [-0.4, -0.2) is 31.0 Å². The quantitative estimate of drug-likeness (QED) is 0.872. The van der Waals surface area contributed by atoms with Crippen molar-refractivity contribution in [3.63, 3.8) is 0 Å². The summed E-state index contributed by atoms with van der Waals surface area (Å²) in [7, 11) is 0. The molecule has 1 aromatic rings. The van der Waals surface area contributed by atoms with E-state index in [0.717, 1.165) is 30.7 Å². The number of nitrogens with zero attached hydrogens (tertiary/aromatic N) is 1. The zero-order chi connectivity index (χ0) is 16.9. The molecule has 1 N–H and O–H groups in total. The molecule has 1 aromatic carbocycles. The van der Waals surface area contributed by atoms with E-state index in [-0.39, 0.29) is 17.7 Å². The van der Waals surface area contributed by atoms with Crippen molar-refractivity contribution in [2.75, 3.05) is 18.1 Å². The smallest absolute Gasteiger partial charge is 0.227 e. The molecule has 5 heteroatoms. The second kappa shape index (κ2) is 7.69. The summed E-state index contributed by atoms with van der Waals surface area (Å²) in [4.78, 5) is 26.4. The standard InChI is InChI=1S/C19H26N2O3/c1-2-11-24-17-9-7-16(8-10-17)21-13-14(12-18(21)22)19(23)20-15-5-3-4-6-15/h7-10,14-15H,2-6,11-13H2,1H3,(H,20,23)/t14-/m1/s1. The zero-order valence-corrected chi connectivity index (χ0v) is 14.3. The van der Waals surface area contributed by atoms with Crippen LogP contribution < -0.4 is 15.0 Å². The number of benzene rings is 1. The Hall–Kier alpha value is -2.04. The number of carbonyl (C=O) groups excluding carboxylic acids is 2. The maximum absolute atomic E-state index is 12.4. The molecule has 1 saturated carbocycles. The lowest BCUT2D eigenvalue weighted by Crippen LogP contribution is -2.38. The van der Waals surface area contributed by atoms with Crippen molar-refractivity contribution in [3.8, 4) is 5.75 Å². The molecule has 2 aliphatic rings. The van der Waals surface area contributed by atoms with E-state index in [0.29, 0.717) is 25.6 Å². The first kappa shape index (κ1) is 16.8. The second-order valence-electron chi connectivity index (χ2n) is 6.74. The Kier molecular flexibility index (Phi) is 5.38. The van der Waals surface area contributed by atoms with E-state index in [1.165, 1.54) is 12.8 Å². The van der Waals surface area contributed by atoms with E-state index >= 15 is 0 Å². The van der Waals surface area contributed by atoms with Crippen LogP contribution in [0.25, 0.3) is 0 Å². The highest BCUT2D eigenvalue weighted by Crippen LogP contribution is 2.27. The molecule has 5 nitrogen and oxygen atoms in total. The van der Waals surface area contributed by atoms with E-state index in [9.17, 15) is 9.59 Å². The van der Waals surface area contributed by atoms with Crippen LogP contribution in [-0.2, 0) is 9.59 Å². The van der Waals surface area contributed by atoms with Gasteiger partial charge in [-0.1, -0.05) is 19.8 Å². The summed E-state index contributed by atoms with van der Waals surface area (Å²) < 4.78 is 5.57. The van der Waals surface area contributed by atoms with Crippen molar-refractivity contribution >= 4 is 17.5 Å². The first-order chi connectivity index (χ1) is 11.7. The molecular formula is C19H26N2O3. The summed E-state index contributed by atoms with van der Waals surface area (Å²) in [6.45, 7) is 3.21. The van der Waals surface area contributed by atoms with Crippen LogP contribution in [0.15, 0.2) is 24.3 Å². The lowest BCUT2D eigenvalue weighted by molar-refractivity contribution is -0.126. The number of ether oxygens (including phenoxy) is 1. The van der Waals surface area contributed by atoms with Crippen LogP contribution in [0, 0.1) is 5.92 Å². The molecule has 3 rings (SSSR count). The second-order valence-corrected chi connectivity index (χ2v) is 6.74. The maximum Gasteiger partial charge on any atom is 0.227 e. The van der Waals surface area contributed by atoms with Crippen LogP contribution >= 0.6 is 0 Å². The van der Waals surface area contributed by atoms with Gasteiger partial charge in [0, 0.05) is 24.7 Å². The Labute approximate surface area is 143 Å². The zero-order valence-electron chi connectivity index (χ0n) is 14.3. The van der Waals surface area contributed by atoms with Gasteiger partial charge in [-0.25, -0.2) is 0 Å². The molecule has 2 amide bonds. The largest absolute Gasteiger partial charge is 0.494 e. The average molecular weight is 330 g/mol. The van der Waals surface area contributed by atoms with Crippen molar-refractivity contribution in [2.24, 2.45) is 5.92 Å². The van der Waals surface area contributed by atoms with Gasteiger partial charge in [-0.2, -0.15) is 0 Å². The lowest BCUT2D eigenvalue weighted by atomic mass is 10.1. The predicted octanol–water partition coefficient (Wildman–Crippen LogP) is 2.89. The summed E-state index contributed by atoms with van der Waals surface area (Å²) >= 11 is 0. The van der Waals surface area contributed by atoms with Crippen LogP contribution in [0.5, 0.6) is 5.75 Å². The minimum Gasteiger partial charge on any atom is -0.494 e. The molecule has 0 aromatic heterocycles. The number of amides is 2. The Morgan fingerprint density at radius 3 is 2.62 bits per heavy atom. The topological polar surface area (TPSA) is 58.6 Å². The van der Waals surface area contributed by atoms with Gasteiger partial charge in [-0.05, 0) is 43.5 Å². The molecule has 1 atom stereocenters. The van der Waals surface area contributed by atoms with Crippen LogP contribution in [0.3, 0.4) is 0 Å². The van der Waals surface area contributed by atoms with Crippen molar-refractivity contribution in [1.29, 1.82) is 0 Å². The summed E-state index contributed by atoms with van der Waals surface area (Å²) in [6.07, 6.45) is 5.77. The molecule has 0 radical (unpaired) electrons. The fourth-order valence-corrected chi connectivity index (χ4v) is 3.46. The molecule has 2 fully saturated rings. The van der Waals surface area contributed by atoms with Crippen molar-refractivity contribution in [1.82, 2.24) is 5.32 Å². The minimum atomic E-state index is -0.242. The van der Waals surface area contributed by atoms with Crippen LogP contribution in [0.4, 0.5) is 5.69 Å². The fourth-order valence-electron chi connectivity index (χ4n) is 3.46. The van der Waals surface area contributed by atoms with Gasteiger partial charge < -0.3 is 15.0 Å². The monoisotopic (exact) mass is 330 g/mol. The molecule has 24 heavy (non-hydrogen) atoms. The molecule has 1 aliphatic heterocycles. The van der Waals surface area contributed by atoms with Gasteiger partial charge in [0.15, 0.2) is 0 Å². The Bertz CT molecular complexity index is 579. The minimum absolute atomic E-state index is 0.0174. The van der Waals surface area contributed by atoms with Gasteiger partial charge in [-0.3, -0.25) is 9.59 Å². The molecule has 130 valence electrons. The molecule has 1 aliphatic carbocycles. The highest BCUT2D eigenvalue weighted by molar-refractivity contribution is 6.00. The summed E-state index contributed by atoms with van der Waals surface area (Å²) in [5, 5.41) is 3.11. The molecule has 1 heterocycles. The fraction of sp³-hybridized carbons (Fsp3) is 0.579. The molecular weight excluding hydrogens is 304 g/mol. The van der Waals surface area contributed by atoms with Crippen molar-refractivity contribution in [3.05, 3.63) is 24.3 Å². The Balaban J connectivity index is 1.58. The van der Waals surface area contributed by atoms with Gasteiger partial charge >= 0.3 is 0 Å². The number of hydrogen-bond acceptors (Lipinski definition) is 3. The highest BCUT2D eigenvalue weighted by Gasteiger charge is 2.36. The molecule has 0 unspecified atom stereocenters. The number of nitrogens with one attached hydrogen (secondary N) is 1. The van der Waals surface area contributed by atoms with E-state index in [2.05, 4.69) is 12.2 Å². The van der Waals surface area contributed by atoms with Gasteiger partial charge in [-0.15, -0.1) is 0 Å². The van der Waals surface area contributed by atoms with Crippen molar-refractivity contribution in [2.45, 2.75) is 51.5 Å². The molecule has 0 bridgehead atoms. The van der Waals surface area contributed by atoms with Crippen molar-refractivity contribution < 1.29 is 14.3 Å². The number of hydrogen-bond donors (Lipinski definition) is 1. The van der Waals surface area contributed by atoms with Gasteiger partial charge in [0.05, 0.1) is 12.5 Å². The average Bonchev–Trinajstić information content (AvgIpc) is 3.23. The predicted molar refractivity (Wildman–Crippen MR) is 93.1 cm³/mol. The summed E-state index contributed by atoms with van der Waals surface area (Å²) in [5.41, 5.74) is 0.833. The highest BCUT2D eigenvalue weighted by atomic mass is 16.5. The SMILES string of the molecule is CCCOc1ccc(N2C[C@H](C(=O)NC3CCCC3)CC2=O)cc1.